The molecule has 3 N–H and O–H groups in total. The van der Waals surface area contributed by atoms with Crippen molar-refractivity contribution in [3.8, 4) is 5.69 Å². The van der Waals surface area contributed by atoms with E-state index in [1.54, 1.807) is 6.20 Å². The van der Waals surface area contributed by atoms with Crippen LogP contribution in [0.1, 0.15) is 37.2 Å². The molecule has 2 fully saturated rings. The Morgan fingerprint density at radius 1 is 1.21 bits per heavy atom. The molecule has 2 aliphatic rings. The lowest BCUT2D eigenvalue weighted by atomic mass is 10.1. The molecular weight excluding hydrogens is 372 g/mol. The van der Waals surface area contributed by atoms with Gasteiger partial charge in [-0.2, -0.15) is 0 Å². The summed E-state index contributed by atoms with van der Waals surface area (Å²) in [4.78, 5) is 30.6. The molecule has 1 aromatic carbocycles. The molecule has 1 atom stereocenters. The summed E-state index contributed by atoms with van der Waals surface area (Å²) >= 11 is 0. The molecule has 0 saturated carbocycles. The maximum atomic E-state index is 12.5. The van der Waals surface area contributed by atoms with Gasteiger partial charge in [-0.3, -0.25) is 5.32 Å². The van der Waals surface area contributed by atoms with Crippen molar-refractivity contribution >= 4 is 12.1 Å². The molecule has 0 aliphatic carbocycles. The van der Waals surface area contributed by atoms with Crippen molar-refractivity contribution in [2.24, 2.45) is 0 Å². The molecule has 0 radical (unpaired) electrons. The average molecular weight is 398 g/mol. The quantitative estimate of drug-likeness (QED) is 0.716. The summed E-state index contributed by atoms with van der Waals surface area (Å²) in [5.41, 5.74) is 2.04. The lowest BCUT2D eigenvalue weighted by Gasteiger charge is -2.39. The van der Waals surface area contributed by atoms with Gasteiger partial charge in [0.1, 0.15) is 5.82 Å². The molecule has 2 aliphatic heterocycles. The molecule has 9 heteroatoms. The number of aryl methyl sites for hydroxylation is 1. The van der Waals surface area contributed by atoms with Crippen LogP contribution in [0.3, 0.4) is 0 Å². The first-order chi connectivity index (χ1) is 14.0. The molecule has 29 heavy (non-hydrogen) atoms. The smallest absolute Gasteiger partial charge is 0.328 e. The van der Waals surface area contributed by atoms with E-state index in [9.17, 15) is 9.59 Å². The molecule has 154 valence electrons. The number of hydrogen-bond acceptors (Lipinski definition) is 5. The maximum absolute atomic E-state index is 12.5. The third kappa shape index (κ3) is 4.10. The molecule has 2 saturated heterocycles. The zero-order valence-electron chi connectivity index (χ0n) is 16.6. The molecule has 4 rings (SSSR count). The number of ether oxygens (including phenoxy) is 1. The maximum Gasteiger partial charge on any atom is 0.328 e. The Labute approximate surface area is 169 Å². The zero-order valence-corrected chi connectivity index (χ0v) is 16.6. The first kappa shape index (κ1) is 19.4. The standard InChI is InChI=1S/C20H26N6O3/c1-13(15-4-3-5-17(12-15)25-9-8-21-14(25)2)22-18-23-19(27)26(20(28)24-18)16-6-10-29-11-7-16/h3-5,8-9,12-13,16,18,22H,6-7,10-11H2,1-2H3,(H,23,27)(H,24,28)/t13-/m0/s1. The van der Waals surface area contributed by atoms with Gasteiger partial charge in [0, 0.05) is 43.4 Å². The van der Waals surface area contributed by atoms with E-state index >= 15 is 0 Å². The van der Waals surface area contributed by atoms with E-state index in [1.807, 2.05) is 42.8 Å². The second-order valence-corrected chi connectivity index (χ2v) is 7.37. The van der Waals surface area contributed by atoms with Crippen LogP contribution in [0.2, 0.25) is 0 Å². The first-order valence-electron chi connectivity index (χ1n) is 9.87. The highest BCUT2D eigenvalue weighted by Gasteiger charge is 2.37. The number of benzene rings is 1. The molecule has 9 nitrogen and oxygen atoms in total. The molecular formula is C20H26N6O3. The largest absolute Gasteiger partial charge is 0.381 e. The van der Waals surface area contributed by atoms with Crippen LogP contribution in [0.4, 0.5) is 9.59 Å². The molecule has 0 spiro atoms. The van der Waals surface area contributed by atoms with Crippen molar-refractivity contribution in [3.05, 3.63) is 48.0 Å². The molecule has 4 amide bonds. The van der Waals surface area contributed by atoms with E-state index in [2.05, 4.69) is 27.0 Å². The van der Waals surface area contributed by atoms with Crippen LogP contribution in [0.15, 0.2) is 36.7 Å². The van der Waals surface area contributed by atoms with E-state index in [0.717, 1.165) is 17.1 Å². The predicted octanol–water partition coefficient (Wildman–Crippen LogP) is 2.03. The van der Waals surface area contributed by atoms with Crippen molar-refractivity contribution in [1.82, 2.24) is 30.4 Å². The fourth-order valence-corrected chi connectivity index (χ4v) is 3.81. The van der Waals surface area contributed by atoms with E-state index in [0.29, 0.717) is 26.1 Å². The number of hydrogen-bond donors (Lipinski definition) is 3. The van der Waals surface area contributed by atoms with Crippen molar-refractivity contribution < 1.29 is 14.3 Å². The number of imidazole rings is 1. The SMILES string of the molecule is Cc1nccn1-c1cccc([C@H](C)NC2NC(=O)N(C3CCOCC3)C(=O)N2)c1. The van der Waals surface area contributed by atoms with Gasteiger partial charge < -0.3 is 19.9 Å². The second-order valence-electron chi connectivity index (χ2n) is 7.37. The van der Waals surface area contributed by atoms with Gasteiger partial charge in [0.2, 0.25) is 0 Å². The molecule has 3 heterocycles. The third-order valence-corrected chi connectivity index (χ3v) is 5.42. The van der Waals surface area contributed by atoms with Gasteiger partial charge in [0.15, 0.2) is 6.29 Å². The number of urea groups is 2. The van der Waals surface area contributed by atoms with E-state index < -0.39 is 6.29 Å². The Kier molecular flexibility index (Phi) is 5.50. The van der Waals surface area contributed by atoms with E-state index in [4.69, 9.17) is 4.74 Å². The van der Waals surface area contributed by atoms with Crippen LogP contribution in [0.5, 0.6) is 0 Å². The van der Waals surface area contributed by atoms with Crippen LogP contribution in [-0.4, -0.2) is 52.1 Å². The van der Waals surface area contributed by atoms with Crippen molar-refractivity contribution in [2.75, 3.05) is 13.2 Å². The predicted molar refractivity (Wildman–Crippen MR) is 106 cm³/mol. The fourth-order valence-electron chi connectivity index (χ4n) is 3.81. The third-order valence-electron chi connectivity index (χ3n) is 5.42. The number of nitrogens with zero attached hydrogens (tertiary/aromatic N) is 3. The summed E-state index contributed by atoms with van der Waals surface area (Å²) in [7, 11) is 0. The van der Waals surface area contributed by atoms with Gasteiger partial charge >= 0.3 is 12.1 Å². The monoisotopic (exact) mass is 398 g/mol. The number of carbonyl (C=O) groups excluding carboxylic acids is 2. The Bertz CT molecular complexity index is 874. The van der Waals surface area contributed by atoms with Gasteiger partial charge in [-0.1, -0.05) is 12.1 Å². The molecule has 2 aromatic rings. The summed E-state index contributed by atoms with van der Waals surface area (Å²) in [6.45, 7) is 5.06. The van der Waals surface area contributed by atoms with Crippen LogP contribution in [-0.2, 0) is 4.74 Å². The van der Waals surface area contributed by atoms with Gasteiger partial charge in [-0.05, 0) is 44.4 Å². The summed E-state index contributed by atoms with van der Waals surface area (Å²) < 4.78 is 7.33. The fraction of sp³-hybridized carbons (Fsp3) is 0.450. The summed E-state index contributed by atoms with van der Waals surface area (Å²) in [5, 5.41) is 8.93. The number of carbonyl (C=O) groups is 2. The van der Waals surface area contributed by atoms with Crippen LogP contribution >= 0.6 is 0 Å². The van der Waals surface area contributed by atoms with E-state index in [1.165, 1.54) is 4.90 Å². The van der Waals surface area contributed by atoms with Crippen LogP contribution in [0.25, 0.3) is 5.69 Å². The number of rotatable bonds is 5. The highest BCUT2D eigenvalue weighted by atomic mass is 16.5. The average Bonchev–Trinajstić information content (AvgIpc) is 3.14. The lowest BCUT2D eigenvalue weighted by molar-refractivity contribution is 0.0492. The normalized spacial score (nSPS) is 19.7. The van der Waals surface area contributed by atoms with Crippen LogP contribution < -0.4 is 16.0 Å². The van der Waals surface area contributed by atoms with Gasteiger partial charge in [-0.25, -0.2) is 19.5 Å². The molecule has 0 bridgehead atoms. The Morgan fingerprint density at radius 2 is 1.93 bits per heavy atom. The minimum atomic E-state index is -0.639. The summed E-state index contributed by atoms with van der Waals surface area (Å²) in [6.07, 6.45) is 4.37. The van der Waals surface area contributed by atoms with Gasteiger partial charge in [0.25, 0.3) is 0 Å². The van der Waals surface area contributed by atoms with Crippen molar-refractivity contribution in [2.45, 2.75) is 45.1 Å². The zero-order chi connectivity index (χ0) is 20.4. The van der Waals surface area contributed by atoms with Gasteiger partial charge in [-0.15, -0.1) is 0 Å². The highest BCUT2D eigenvalue weighted by Crippen LogP contribution is 2.20. The summed E-state index contributed by atoms with van der Waals surface area (Å²) in [6, 6.07) is 7.08. The number of amides is 4. The topological polar surface area (TPSA) is 101 Å². The second kappa shape index (κ2) is 8.22. The van der Waals surface area contributed by atoms with Crippen molar-refractivity contribution in [1.29, 1.82) is 0 Å². The highest BCUT2D eigenvalue weighted by molar-refractivity contribution is 5.96. The molecule has 1 aromatic heterocycles. The van der Waals surface area contributed by atoms with Crippen molar-refractivity contribution in [3.63, 3.8) is 0 Å². The Balaban J connectivity index is 1.42. The van der Waals surface area contributed by atoms with Gasteiger partial charge in [0.05, 0.1) is 0 Å². The van der Waals surface area contributed by atoms with Crippen LogP contribution in [0, 0.1) is 6.92 Å². The number of imide groups is 1. The Morgan fingerprint density at radius 3 is 2.59 bits per heavy atom. The number of nitrogens with one attached hydrogen (secondary N) is 3. The Hall–Kier alpha value is -2.91. The number of aromatic nitrogens is 2. The lowest BCUT2D eigenvalue weighted by Crippen LogP contribution is -2.70. The molecule has 0 unspecified atom stereocenters. The minimum absolute atomic E-state index is 0.0981. The summed E-state index contributed by atoms with van der Waals surface area (Å²) in [5.74, 6) is 0.905. The minimum Gasteiger partial charge on any atom is -0.381 e. The van der Waals surface area contributed by atoms with E-state index in [-0.39, 0.29) is 24.1 Å². The first-order valence-corrected chi connectivity index (χ1v) is 9.87.